The van der Waals surface area contributed by atoms with Gasteiger partial charge in [0, 0.05) is 12.1 Å². The molecule has 2 rings (SSSR count). The lowest BCUT2D eigenvalue weighted by Gasteiger charge is -2.18. The number of carbonyl (C=O) groups is 2. The Morgan fingerprint density at radius 1 is 1.40 bits per heavy atom. The van der Waals surface area contributed by atoms with Gasteiger partial charge >= 0.3 is 0 Å². The minimum absolute atomic E-state index is 0.0241. The third kappa shape index (κ3) is 3.34. The number of ether oxygens (including phenoxy) is 1. The Morgan fingerprint density at radius 2 is 2.15 bits per heavy atom. The zero-order valence-electron chi connectivity index (χ0n) is 10.6. The minimum Gasteiger partial charge on any atom is -0.482 e. The quantitative estimate of drug-likeness (QED) is 0.713. The molecule has 0 saturated carbocycles. The summed E-state index contributed by atoms with van der Waals surface area (Å²) in [5.74, 6) is -1.24. The first-order chi connectivity index (χ1) is 9.41. The standard InChI is InChI=1S/C12H14N2O5S/c13-3-4-20(17,18)7-10(15)8-1-2-11-9(5-8)14-12(16)6-19-11/h1-2,5H,3-4,6-7,13H2,(H,14,16). The highest BCUT2D eigenvalue weighted by molar-refractivity contribution is 7.92. The van der Waals surface area contributed by atoms with E-state index in [0.29, 0.717) is 11.4 Å². The molecule has 108 valence electrons. The molecule has 1 aromatic carbocycles. The maximum Gasteiger partial charge on any atom is 0.262 e. The van der Waals surface area contributed by atoms with Crippen LogP contribution in [0, 0.1) is 0 Å². The normalized spacial score (nSPS) is 14.2. The fourth-order valence-corrected chi connectivity index (χ4v) is 2.86. The van der Waals surface area contributed by atoms with Crippen molar-refractivity contribution in [1.29, 1.82) is 0 Å². The van der Waals surface area contributed by atoms with Crippen molar-refractivity contribution < 1.29 is 22.7 Å². The van der Waals surface area contributed by atoms with Crippen LogP contribution >= 0.6 is 0 Å². The van der Waals surface area contributed by atoms with Crippen LogP contribution < -0.4 is 15.8 Å². The maximum atomic E-state index is 11.9. The summed E-state index contributed by atoms with van der Waals surface area (Å²) in [4.78, 5) is 23.1. The number of Topliss-reactive ketones (excluding diaryl/α,β-unsaturated/α-hetero) is 1. The second kappa shape index (κ2) is 5.59. The Kier molecular flexibility index (Phi) is 4.05. The number of amides is 1. The Morgan fingerprint density at radius 3 is 2.85 bits per heavy atom. The monoisotopic (exact) mass is 298 g/mol. The van der Waals surface area contributed by atoms with E-state index < -0.39 is 21.4 Å². The molecule has 1 heterocycles. The average molecular weight is 298 g/mol. The summed E-state index contributed by atoms with van der Waals surface area (Å²) in [6, 6.07) is 4.40. The first-order valence-corrected chi connectivity index (χ1v) is 7.74. The molecule has 0 aliphatic carbocycles. The minimum atomic E-state index is -3.50. The molecule has 1 aromatic rings. The smallest absolute Gasteiger partial charge is 0.262 e. The maximum absolute atomic E-state index is 11.9. The molecule has 0 aromatic heterocycles. The summed E-state index contributed by atoms with van der Waals surface area (Å²) in [7, 11) is -3.50. The Labute approximate surface area is 116 Å². The van der Waals surface area contributed by atoms with Crippen LogP contribution in [0.25, 0.3) is 0 Å². The molecule has 3 N–H and O–H groups in total. The highest BCUT2D eigenvalue weighted by Crippen LogP contribution is 2.28. The number of benzene rings is 1. The summed E-state index contributed by atoms with van der Waals surface area (Å²) in [6.07, 6.45) is 0. The van der Waals surface area contributed by atoms with Crippen LogP contribution in [0.5, 0.6) is 5.75 Å². The Bertz CT molecular complexity index is 654. The lowest BCUT2D eigenvalue weighted by atomic mass is 10.1. The van der Waals surface area contributed by atoms with E-state index >= 15 is 0 Å². The summed E-state index contributed by atoms with van der Waals surface area (Å²) in [6.45, 7) is -0.102. The van der Waals surface area contributed by atoms with E-state index in [0.717, 1.165) is 0 Å². The van der Waals surface area contributed by atoms with Gasteiger partial charge in [-0.05, 0) is 18.2 Å². The number of anilines is 1. The lowest BCUT2D eigenvalue weighted by Crippen LogP contribution is -2.26. The lowest BCUT2D eigenvalue weighted by molar-refractivity contribution is -0.118. The van der Waals surface area contributed by atoms with Gasteiger partial charge in [-0.25, -0.2) is 8.42 Å². The van der Waals surface area contributed by atoms with Gasteiger partial charge < -0.3 is 15.8 Å². The van der Waals surface area contributed by atoms with E-state index in [4.69, 9.17) is 10.5 Å². The Hall–Kier alpha value is -1.93. The molecule has 0 spiro atoms. The molecule has 0 saturated heterocycles. The molecule has 7 nitrogen and oxygen atoms in total. The highest BCUT2D eigenvalue weighted by Gasteiger charge is 2.21. The van der Waals surface area contributed by atoms with Crippen LogP contribution in [-0.2, 0) is 14.6 Å². The van der Waals surface area contributed by atoms with Crippen molar-refractivity contribution in [2.45, 2.75) is 0 Å². The van der Waals surface area contributed by atoms with Crippen molar-refractivity contribution in [3.8, 4) is 5.75 Å². The number of sulfone groups is 1. The van der Waals surface area contributed by atoms with Crippen molar-refractivity contribution in [3.05, 3.63) is 23.8 Å². The molecular formula is C12H14N2O5S. The number of ketones is 1. The van der Waals surface area contributed by atoms with Crippen molar-refractivity contribution in [2.24, 2.45) is 5.73 Å². The van der Waals surface area contributed by atoms with E-state index in [-0.39, 0.29) is 30.4 Å². The van der Waals surface area contributed by atoms with E-state index in [1.807, 2.05) is 0 Å². The number of nitrogens with one attached hydrogen (secondary N) is 1. The predicted molar refractivity (Wildman–Crippen MR) is 72.6 cm³/mol. The summed E-state index contributed by atoms with van der Waals surface area (Å²) >= 11 is 0. The molecule has 8 heteroatoms. The second-order valence-electron chi connectivity index (χ2n) is 4.35. The van der Waals surface area contributed by atoms with Crippen molar-refractivity contribution in [3.63, 3.8) is 0 Å². The Balaban J connectivity index is 2.19. The van der Waals surface area contributed by atoms with Crippen LogP contribution in [-0.4, -0.2) is 44.8 Å². The van der Waals surface area contributed by atoms with Crippen molar-refractivity contribution >= 4 is 27.2 Å². The molecule has 0 fully saturated rings. The zero-order chi connectivity index (χ0) is 14.8. The van der Waals surface area contributed by atoms with Crippen LogP contribution in [0.4, 0.5) is 5.69 Å². The third-order valence-corrected chi connectivity index (χ3v) is 4.27. The summed E-state index contributed by atoms with van der Waals surface area (Å²) in [5.41, 5.74) is 5.75. The van der Waals surface area contributed by atoms with Crippen LogP contribution in [0.15, 0.2) is 18.2 Å². The number of nitrogens with two attached hydrogens (primary N) is 1. The third-order valence-electron chi connectivity index (χ3n) is 2.71. The van der Waals surface area contributed by atoms with Gasteiger partial charge in [0.1, 0.15) is 11.5 Å². The van der Waals surface area contributed by atoms with Gasteiger partial charge in [-0.15, -0.1) is 0 Å². The summed E-state index contributed by atoms with van der Waals surface area (Å²) < 4.78 is 28.3. The fraction of sp³-hybridized carbons (Fsp3) is 0.333. The molecule has 0 radical (unpaired) electrons. The molecule has 0 bridgehead atoms. The molecule has 1 aliphatic rings. The average Bonchev–Trinajstić information content (AvgIpc) is 2.37. The van der Waals surface area contributed by atoms with E-state index in [1.54, 1.807) is 0 Å². The number of hydrogen-bond donors (Lipinski definition) is 2. The van der Waals surface area contributed by atoms with Gasteiger partial charge in [0.2, 0.25) is 0 Å². The number of carbonyl (C=O) groups excluding carboxylic acids is 2. The van der Waals surface area contributed by atoms with E-state index in [9.17, 15) is 18.0 Å². The van der Waals surface area contributed by atoms with Crippen LogP contribution in [0.1, 0.15) is 10.4 Å². The van der Waals surface area contributed by atoms with Gasteiger partial charge in [-0.1, -0.05) is 0 Å². The first-order valence-electron chi connectivity index (χ1n) is 5.92. The van der Waals surface area contributed by atoms with E-state index in [2.05, 4.69) is 5.32 Å². The van der Waals surface area contributed by atoms with Gasteiger partial charge in [0.15, 0.2) is 22.2 Å². The second-order valence-corrected chi connectivity index (χ2v) is 6.54. The molecule has 20 heavy (non-hydrogen) atoms. The predicted octanol–water partition coefficient (Wildman–Crippen LogP) is -0.426. The zero-order valence-corrected chi connectivity index (χ0v) is 11.4. The SMILES string of the molecule is NCCS(=O)(=O)CC(=O)c1ccc2c(c1)NC(=O)CO2. The highest BCUT2D eigenvalue weighted by atomic mass is 32.2. The number of hydrogen-bond acceptors (Lipinski definition) is 6. The molecule has 1 aliphatic heterocycles. The molecule has 0 unspecified atom stereocenters. The summed E-state index contributed by atoms with van der Waals surface area (Å²) in [5, 5.41) is 2.56. The van der Waals surface area contributed by atoms with Crippen LogP contribution in [0.3, 0.4) is 0 Å². The molecule has 0 atom stereocenters. The van der Waals surface area contributed by atoms with Gasteiger partial charge in [-0.3, -0.25) is 9.59 Å². The van der Waals surface area contributed by atoms with E-state index in [1.165, 1.54) is 18.2 Å². The fourth-order valence-electron chi connectivity index (χ4n) is 1.79. The van der Waals surface area contributed by atoms with Crippen LogP contribution in [0.2, 0.25) is 0 Å². The molecular weight excluding hydrogens is 284 g/mol. The van der Waals surface area contributed by atoms with Gasteiger partial charge in [0.25, 0.3) is 5.91 Å². The van der Waals surface area contributed by atoms with Gasteiger partial charge in [0.05, 0.1) is 11.4 Å². The number of rotatable bonds is 5. The first kappa shape index (κ1) is 14.5. The number of fused-ring (bicyclic) bond motifs is 1. The van der Waals surface area contributed by atoms with Gasteiger partial charge in [-0.2, -0.15) is 0 Å². The van der Waals surface area contributed by atoms with Crippen molar-refractivity contribution in [1.82, 2.24) is 0 Å². The topological polar surface area (TPSA) is 116 Å². The largest absolute Gasteiger partial charge is 0.482 e. The molecule has 1 amide bonds. The van der Waals surface area contributed by atoms with Crippen molar-refractivity contribution in [2.75, 3.05) is 30.0 Å².